The molecule has 0 aromatic heterocycles. The molecular weight excluding hydrogens is 276 g/mol. The quantitative estimate of drug-likeness (QED) is 0.686. The van der Waals surface area contributed by atoms with Gasteiger partial charge in [0.05, 0.1) is 10.6 Å². The minimum Gasteiger partial charge on any atom is -0.258 e. The molecule has 1 aromatic carbocycles. The van der Waals surface area contributed by atoms with Crippen LogP contribution in [-0.2, 0) is 0 Å². The minimum absolute atomic E-state index is 0.122. The predicted molar refractivity (Wildman–Crippen MR) is 82.5 cm³/mol. The summed E-state index contributed by atoms with van der Waals surface area (Å²) in [4.78, 5) is 15.0. The van der Waals surface area contributed by atoms with Gasteiger partial charge in [-0.15, -0.1) is 0 Å². The smallest absolute Gasteiger partial charge is 0.258 e. The first-order valence-corrected chi connectivity index (χ1v) is 7.24. The van der Waals surface area contributed by atoms with Crippen LogP contribution in [0.2, 0.25) is 0 Å². The largest absolute Gasteiger partial charge is 0.272 e. The van der Waals surface area contributed by atoms with Crippen molar-refractivity contribution in [2.24, 2.45) is 10.1 Å². The van der Waals surface area contributed by atoms with E-state index in [1.165, 1.54) is 0 Å². The molecule has 1 N–H and O–H groups in total. The van der Waals surface area contributed by atoms with Crippen LogP contribution in [0.1, 0.15) is 25.0 Å². The molecule has 1 aliphatic heterocycles. The number of thioether (sulfide) groups is 1. The Morgan fingerprint density at radius 2 is 2.25 bits per heavy atom. The molecule has 20 heavy (non-hydrogen) atoms. The Labute approximate surface area is 121 Å². The summed E-state index contributed by atoms with van der Waals surface area (Å²) in [6.45, 7) is 5.72. The predicted octanol–water partition coefficient (Wildman–Crippen LogP) is 2.71. The van der Waals surface area contributed by atoms with Gasteiger partial charge in [0, 0.05) is 29.0 Å². The normalized spacial score (nSPS) is 17.0. The van der Waals surface area contributed by atoms with Gasteiger partial charge in [-0.2, -0.15) is 5.10 Å². The first-order valence-electron chi connectivity index (χ1n) is 6.26. The molecule has 0 aliphatic carbocycles. The molecule has 1 heterocycles. The van der Waals surface area contributed by atoms with Crippen molar-refractivity contribution in [1.29, 1.82) is 0 Å². The molecule has 0 bridgehead atoms. The van der Waals surface area contributed by atoms with Crippen molar-refractivity contribution >= 4 is 28.3 Å². The molecule has 6 nitrogen and oxygen atoms in total. The fourth-order valence-electron chi connectivity index (χ4n) is 1.75. The topological polar surface area (TPSA) is 79.9 Å². The van der Waals surface area contributed by atoms with E-state index in [1.807, 2.05) is 19.9 Å². The number of aliphatic imine (C=N–C) groups is 1. The monoisotopic (exact) mass is 292 g/mol. The number of aryl methyl sites for hydroxylation is 1. The zero-order valence-corrected chi connectivity index (χ0v) is 12.4. The maximum Gasteiger partial charge on any atom is 0.272 e. The Kier molecular flexibility index (Phi) is 4.39. The summed E-state index contributed by atoms with van der Waals surface area (Å²) < 4.78 is 0. The summed E-state index contributed by atoms with van der Waals surface area (Å²) in [5, 5.41) is 16.0. The number of hydrogen-bond acceptors (Lipinski definition) is 5. The fourth-order valence-corrected chi connectivity index (χ4v) is 2.65. The molecular formula is C13H16N4O2S. The van der Waals surface area contributed by atoms with Crippen molar-refractivity contribution < 1.29 is 4.92 Å². The number of nitrogens with one attached hydrogen (secondary N) is 1. The molecule has 1 aliphatic rings. The third-order valence-corrected chi connectivity index (χ3v) is 3.63. The highest BCUT2D eigenvalue weighted by Crippen LogP contribution is 2.22. The van der Waals surface area contributed by atoms with Crippen molar-refractivity contribution in [3.8, 4) is 0 Å². The van der Waals surface area contributed by atoms with Crippen molar-refractivity contribution in [2.75, 3.05) is 5.75 Å². The summed E-state index contributed by atoms with van der Waals surface area (Å²) in [6.07, 6.45) is 0. The maximum atomic E-state index is 11.0. The van der Waals surface area contributed by atoms with Gasteiger partial charge >= 0.3 is 0 Å². The Hall–Kier alpha value is -1.89. The second kappa shape index (κ2) is 6.04. The molecule has 0 atom stereocenters. The minimum atomic E-state index is -0.367. The van der Waals surface area contributed by atoms with Gasteiger partial charge in [-0.3, -0.25) is 20.5 Å². The molecule has 0 fully saturated rings. The van der Waals surface area contributed by atoms with Crippen LogP contribution in [-0.4, -0.2) is 27.6 Å². The number of nitrogens with zero attached hydrogens (tertiary/aromatic N) is 3. The van der Waals surface area contributed by atoms with E-state index in [-0.39, 0.29) is 16.7 Å². The van der Waals surface area contributed by atoms with E-state index in [1.54, 1.807) is 30.8 Å². The number of benzene rings is 1. The zero-order valence-electron chi connectivity index (χ0n) is 11.6. The number of hydrogen-bond donors (Lipinski definition) is 1. The van der Waals surface area contributed by atoms with Crippen molar-refractivity contribution in [1.82, 2.24) is 5.43 Å². The number of rotatable bonds is 3. The summed E-state index contributed by atoms with van der Waals surface area (Å²) in [7, 11) is 0. The van der Waals surface area contributed by atoms with Gasteiger partial charge < -0.3 is 0 Å². The van der Waals surface area contributed by atoms with E-state index in [0.29, 0.717) is 11.3 Å². The van der Waals surface area contributed by atoms with E-state index >= 15 is 0 Å². The third-order valence-electron chi connectivity index (χ3n) is 2.75. The first-order chi connectivity index (χ1) is 9.47. The molecule has 0 amide bonds. The lowest BCUT2D eigenvalue weighted by atomic mass is 10.1. The second-order valence-corrected chi connectivity index (χ2v) is 5.71. The van der Waals surface area contributed by atoms with Crippen LogP contribution in [0.25, 0.3) is 0 Å². The van der Waals surface area contributed by atoms with Crippen LogP contribution in [0.5, 0.6) is 0 Å². The van der Waals surface area contributed by atoms with Crippen molar-refractivity contribution in [2.45, 2.75) is 26.8 Å². The molecule has 106 valence electrons. The van der Waals surface area contributed by atoms with E-state index in [2.05, 4.69) is 15.5 Å². The van der Waals surface area contributed by atoms with E-state index in [4.69, 9.17) is 0 Å². The Morgan fingerprint density at radius 3 is 2.80 bits per heavy atom. The van der Waals surface area contributed by atoms with Crippen LogP contribution >= 0.6 is 11.8 Å². The lowest BCUT2D eigenvalue weighted by Gasteiger charge is -2.15. The molecule has 0 spiro atoms. The van der Waals surface area contributed by atoms with Crippen molar-refractivity contribution in [3.63, 3.8) is 0 Å². The Bertz CT molecular complexity index is 596. The van der Waals surface area contributed by atoms with Crippen LogP contribution in [0.3, 0.4) is 0 Å². The Balaban J connectivity index is 2.24. The van der Waals surface area contributed by atoms with Gasteiger partial charge in [-0.05, 0) is 20.8 Å². The highest BCUT2D eigenvalue weighted by atomic mass is 32.2. The average molecular weight is 292 g/mol. The van der Waals surface area contributed by atoms with Gasteiger partial charge in [-0.1, -0.05) is 23.9 Å². The van der Waals surface area contributed by atoms with Crippen LogP contribution < -0.4 is 5.43 Å². The summed E-state index contributed by atoms with van der Waals surface area (Å²) in [5.41, 5.74) is 5.23. The molecule has 1 aromatic rings. The molecule has 0 saturated carbocycles. The summed E-state index contributed by atoms with van der Waals surface area (Å²) in [5.74, 6) is 0.652. The summed E-state index contributed by atoms with van der Waals surface area (Å²) in [6, 6.07) is 5.38. The zero-order chi connectivity index (χ0) is 14.7. The number of amidine groups is 1. The second-order valence-electron chi connectivity index (χ2n) is 4.75. The summed E-state index contributed by atoms with van der Waals surface area (Å²) >= 11 is 1.55. The van der Waals surface area contributed by atoms with Gasteiger partial charge in [0.15, 0.2) is 5.17 Å². The number of nitro groups is 1. The van der Waals surface area contributed by atoms with E-state index in [9.17, 15) is 10.1 Å². The van der Waals surface area contributed by atoms with Gasteiger partial charge in [-0.25, -0.2) is 0 Å². The third kappa shape index (κ3) is 3.36. The first kappa shape index (κ1) is 14.5. The molecule has 7 heteroatoms. The van der Waals surface area contributed by atoms with E-state index in [0.717, 1.165) is 16.4 Å². The number of hydrazone groups is 1. The molecule has 0 unspecified atom stereocenters. The van der Waals surface area contributed by atoms with Crippen LogP contribution in [0.4, 0.5) is 5.69 Å². The number of nitro benzene ring substituents is 1. The lowest BCUT2D eigenvalue weighted by Crippen LogP contribution is -2.26. The van der Waals surface area contributed by atoms with Crippen molar-refractivity contribution in [3.05, 3.63) is 39.4 Å². The molecule has 0 radical (unpaired) electrons. The Morgan fingerprint density at radius 1 is 1.50 bits per heavy atom. The molecule has 2 rings (SSSR count). The lowest BCUT2D eigenvalue weighted by molar-refractivity contribution is -0.385. The van der Waals surface area contributed by atoms with Crippen LogP contribution in [0.15, 0.2) is 28.3 Å². The highest BCUT2D eigenvalue weighted by Gasteiger charge is 2.17. The standard InChI is InChI=1S/C13H16N4O2S/c1-8(2)14-13-16-15-11(7-20-13)10-5-4-9(3)12(6-10)17(18)19/h4-6,8H,7H2,1-3H3,(H,14,16). The SMILES string of the molecule is Cc1ccc(C2=NNC(=NC(C)C)SC2)cc1[N+](=O)[O-]. The van der Waals surface area contributed by atoms with Gasteiger partial charge in [0.2, 0.25) is 0 Å². The van der Waals surface area contributed by atoms with E-state index < -0.39 is 0 Å². The average Bonchev–Trinajstić information content (AvgIpc) is 2.39. The fraction of sp³-hybridized carbons (Fsp3) is 0.385. The molecule has 0 saturated heterocycles. The highest BCUT2D eigenvalue weighted by molar-refractivity contribution is 8.14. The van der Waals surface area contributed by atoms with Gasteiger partial charge in [0.1, 0.15) is 0 Å². The maximum absolute atomic E-state index is 11.0. The van der Waals surface area contributed by atoms with Crippen LogP contribution in [0, 0.1) is 17.0 Å². The van der Waals surface area contributed by atoms with Gasteiger partial charge in [0.25, 0.3) is 5.69 Å².